The standard InChI is InChI=1S/C20H19FN4O2/c1-12-9-18(27-24-12)16-11-22-13(2)23-19(16)17-7-4-8-25(17)20(26)14-5-3-6-15(21)10-14/h3,5-6,9-11,17H,4,7-8H2,1-2H3/t17-/m0/s1. The highest BCUT2D eigenvalue weighted by Gasteiger charge is 2.34. The summed E-state index contributed by atoms with van der Waals surface area (Å²) in [7, 11) is 0. The van der Waals surface area contributed by atoms with Gasteiger partial charge < -0.3 is 9.42 Å². The molecule has 6 nitrogen and oxygen atoms in total. The minimum atomic E-state index is -0.424. The first-order valence-corrected chi connectivity index (χ1v) is 8.86. The molecule has 0 spiro atoms. The van der Waals surface area contributed by atoms with Crippen LogP contribution in [0.4, 0.5) is 4.39 Å². The van der Waals surface area contributed by atoms with Crippen LogP contribution >= 0.6 is 0 Å². The highest BCUT2D eigenvalue weighted by Crippen LogP contribution is 2.37. The first kappa shape index (κ1) is 17.3. The number of hydrogen-bond acceptors (Lipinski definition) is 5. The smallest absolute Gasteiger partial charge is 0.254 e. The normalized spacial score (nSPS) is 16.7. The Kier molecular flexibility index (Phi) is 4.43. The molecular weight excluding hydrogens is 347 g/mol. The van der Waals surface area contributed by atoms with Crippen molar-refractivity contribution in [2.45, 2.75) is 32.7 Å². The van der Waals surface area contributed by atoms with Crippen molar-refractivity contribution >= 4 is 5.91 Å². The van der Waals surface area contributed by atoms with E-state index in [2.05, 4.69) is 15.1 Å². The van der Waals surface area contributed by atoms with Gasteiger partial charge >= 0.3 is 0 Å². The third kappa shape index (κ3) is 3.32. The van der Waals surface area contributed by atoms with E-state index < -0.39 is 5.82 Å². The first-order chi connectivity index (χ1) is 13.0. The van der Waals surface area contributed by atoms with E-state index in [0.717, 1.165) is 29.8 Å². The molecule has 1 aliphatic heterocycles. The van der Waals surface area contributed by atoms with Gasteiger partial charge in [0.2, 0.25) is 0 Å². The van der Waals surface area contributed by atoms with Crippen molar-refractivity contribution in [3.63, 3.8) is 0 Å². The lowest BCUT2D eigenvalue weighted by atomic mass is 10.0. The number of amides is 1. The zero-order valence-electron chi connectivity index (χ0n) is 15.1. The number of hydrogen-bond donors (Lipinski definition) is 0. The van der Waals surface area contributed by atoms with Gasteiger partial charge in [-0.05, 0) is 44.9 Å². The molecule has 0 radical (unpaired) electrons. The second-order valence-corrected chi connectivity index (χ2v) is 6.72. The van der Waals surface area contributed by atoms with Crippen molar-refractivity contribution in [1.29, 1.82) is 0 Å². The molecule has 3 heterocycles. The summed E-state index contributed by atoms with van der Waals surface area (Å²) < 4.78 is 19.0. The van der Waals surface area contributed by atoms with Gasteiger partial charge in [-0.3, -0.25) is 4.79 Å². The average molecular weight is 366 g/mol. The molecule has 1 atom stereocenters. The van der Waals surface area contributed by atoms with E-state index in [1.165, 1.54) is 12.1 Å². The fraction of sp³-hybridized carbons (Fsp3) is 0.300. The summed E-state index contributed by atoms with van der Waals surface area (Å²) in [5.41, 5.74) is 2.56. The van der Waals surface area contributed by atoms with Gasteiger partial charge in [-0.25, -0.2) is 14.4 Å². The highest BCUT2D eigenvalue weighted by molar-refractivity contribution is 5.94. The van der Waals surface area contributed by atoms with Crippen LogP contribution in [-0.2, 0) is 0 Å². The van der Waals surface area contributed by atoms with Crippen molar-refractivity contribution in [3.05, 3.63) is 65.1 Å². The van der Waals surface area contributed by atoms with E-state index in [4.69, 9.17) is 4.52 Å². The lowest BCUT2D eigenvalue weighted by molar-refractivity contribution is 0.0732. The molecule has 0 saturated carbocycles. The predicted octanol–water partition coefficient (Wildman–Crippen LogP) is 3.86. The van der Waals surface area contributed by atoms with Gasteiger partial charge in [0.05, 0.1) is 23.0 Å². The maximum Gasteiger partial charge on any atom is 0.254 e. The summed E-state index contributed by atoms with van der Waals surface area (Å²) in [4.78, 5) is 23.7. The van der Waals surface area contributed by atoms with Crippen molar-refractivity contribution in [2.24, 2.45) is 0 Å². The van der Waals surface area contributed by atoms with Crippen LogP contribution in [0.2, 0.25) is 0 Å². The molecule has 0 N–H and O–H groups in total. The second kappa shape index (κ2) is 6.90. The molecule has 1 amide bonds. The van der Waals surface area contributed by atoms with Gasteiger partial charge in [0, 0.05) is 24.4 Å². The van der Waals surface area contributed by atoms with E-state index in [1.54, 1.807) is 23.2 Å². The number of rotatable bonds is 3. The van der Waals surface area contributed by atoms with Crippen LogP contribution in [-0.4, -0.2) is 32.5 Å². The molecule has 1 saturated heterocycles. The number of carbonyl (C=O) groups excluding carboxylic acids is 1. The molecule has 1 aromatic carbocycles. The Morgan fingerprint density at radius 3 is 2.89 bits per heavy atom. The number of halogens is 1. The van der Waals surface area contributed by atoms with Gasteiger partial charge in [-0.15, -0.1) is 0 Å². The van der Waals surface area contributed by atoms with E-state index in [-0.39, 0.29) is 11.9 Å². The third-order valence-corrected chi connectivity index (χ3v) is 4.73. The summed E-state index contributed by atoms with van der Waals surface area (Å²) in [6.07, 6.45) is 3.34. The average Bonchev–Trinajstić information content (AvgIpc) is 3.30. The minimum Gasteiger partial charge on any atom is -0.356 e. The second-order valence-electron chi connectivity index (χ2n) is 6.72. The Balaban J connectivity index is 1.74. The topological polar surface area (TPSA) is 72.1 Å². The van der Waals surface area contributed by atoms with Crippen LogP contribution in [0.3, 0.4) is 0 Å². The van der Waals surface area contributed by atoms with Crippen molar-refractivity contribution in [2.75, 3.05) is 6.54 Å². The zero-order chi connectivity index (χ0) is 19.0. The molecular formula is C20H19FN4O2. The van der Waals surface area contributed by atoms with Gasteiger partial charge in [0.25, 0.3) is 5.91 Å². The Morgan fingerprint density at radius 2 is 2.15 bits per heavy atom. The summed E-state index contributed by atoms with van der Waals surface area (Å²) in [6, 6.07) is 7.38. The van der Waals surface area contributed by atoms with E-state index in [1.807, 2.05) is 19.9 Å². The van der Waals surface area contributed by atoms with Crippen LogP contribution in [0.5, 0.6) is 0 Å². The molecule has 1 aliphatic rings. The lowest BCUT2D eigenvalue weighted by Crippen LogP contribution is -2.31. The molecule has 1 fully saturated rings. The Hall–Kier alpha value is -3.09. The predicted molar refractivity (Wildman–Crippen MR) is 96.4 cm³/mol. The summed E-state index contributed by atoms with van der Waals surface area (Å²) >= 11 is 0. The molecule has 27 heavy (non-hydrogen) atoms. The fourth-order valence-corrected chi connectivity index (χ4v) is 3.50. The molecule has 0 unspecified atom stereocenters. The molecule has 4 rings (SSSR count). The van der Waals surface area contributed by atoms with Crippen LogP contribution in [0.1, 0.15) is 46.5 Å². The van der Waals surface area contributed by atoms with Crippen molar-refractivity contribution in [3.8, 4) is 11.3 Å². The van der Waals surface area contributed by atoms with Gasteiger partial charge in [-0.1, -0.05) is 11.2 Å². The number of nitrogens with zero attached hydrogens (tertiary/aromatic N) is 4. The van der Waals surface area contributed by atoms with Crippen molar-refractivity contribution < 1.29 is 13.7 Å². The minimum absolute atomic E-state index is 0.201. The van der Waals surface area contributed by atoms with Crippen LogP contribution in [0.15, 0.2) is 41.1 Å². The van der Waals surface area contributed by atoms with Crippen LogP contribution < -0.4 is 0 Å². The number of carbonyl (C=O) groups is 1. The van der Waals surface area contributed by atoms with Gasteiger partial charge in [0.15, 0.2) is 5.76 Å². The number of aryl methyl sites for hydroxylation is 2. The lowest BCUT2D eigenvalue weighted by Gasteiger charge is -2.25. The molecule has 2 aromatic heterocycles. The SMILES string of the molecule is Cc1cc(-c2cnc(C)nc2[C@@H]2CCCN2C(=O)c2cccc(F)c2)on1. The summed E-state index contributed by atoms with van der Waals surface area (Å²) in [6.45, 7) is 4.25. The largest absolute Gasteiger partial charge is 0.356 e. The van der Waals surface area contributed by atoms with Crippen LogP contribution in [0.25, 0.3) is 11.3 Å². The molecule has 0 bridgehead atoms. The van der Waals surface area contributed by atoms with E-state index in [9.17, 15) is 9.18 Å². The zero-order valence-corrected chi connectivity index (χ0v) is 15.1. The Bertz CT molecular complexity index is 1000. The van der Waals surface area contributed by atoms with Crippen molar-refractivity contribution in [1.82, 2.24) is 20.0 Å². The Labute approximate surface area is 156 Å². The van der Waals surface area contributed by atoms with Gasteiger partial charge in [-0.2, -0.15) is 0 Å². The fourth-order valence-electron chi connectivity index (χ4n) is 3.50. The molecule has 0 aliphatic carbocycles. The number of benzene rings is 1. The van der Waals surface area contributed by atoms with E-state index >= 15 is 0 Å². The number of likely N-dealkylation sites (tertiary alicyclic amines) is 1. The summed E-state index contributed by atoms with van der Waals surface area (Å²) in [5.74, 6) is 0.572. The molecule has 138 valence electrons. The summed E-state index contributed by atoms with van der Waals surface area (Å²) in [5, 5.41) is 3.94. The maximum absolute atomic E-state index is 13.6. The third-order valence-electron chi connectivity index (χ3n) is 4.73. The molecule has 7 heteroatoms. The highest BCUT2D eigenvalue weighted by atomic mass is 19.1. The number of aromatic nitrogens is 3. The molecule has 3 aromatic rings. The monoisotopic (exact) mass is 366 g/mol. The van der Waals surface area contributed by atoms with E-state index in [0.29, 0.717) is 23.7 Å². The quantitative estimate of drug-likeness (QED) is 0.704. The first-order valence-electron chi connectivity index (χ1n) is 8.86. The van der Waals surface area contributed by atoms with Gasteiger partial charge in [0.1, 0.15) is 11.6 Å². The maximum atomic E-state index is 13.6. The Morgan fingerprint density at radius 1 is 1.30 bits per heavy atom. The van der Waals surface area contributed by atoms with Crippen LogP contribution in [0, 0.1) is 19.7 Å².